The van der Waals surface area contributed by atoms with Crippen LogP contribution in [0, 0.1) is 0 Å². The highest BCUT2D eigenvalue weighted by Gasteiger charge is 2.30. The van der Waals surface area contributed by atoms with Gasteiger partial charge in [-0.05, 0) is 29.8 Å². The number of rotatable bonds is 2. The summed E-state index contributed by atoms with van der Waals surface area (Å²) in [6.07, 6.45) is -4.46. The molecule has 0 aliphatic heterocycles. The highest BCUT2D eigenvalue weighted by molar-refractivity contribution is 8.13. The normalized spacial score (nSPS) is 12.4. The Bertz CT molecular complexity index is 769. The van der Waals surface area contributed by atoms with Crippen molar-refractivity contribution in [2.45, 2.75) is 11.1 Å². The molecule has 0 spiro atoms. The molecule has 0 aliphatic carbocycles. The molecule has 2 nitrogen and oxygen atoms in total. The molecular weight excluding hydrogens is 348 g/mol. The number of hydrogen-bond donors (Lipinski definition) is 0. The Morgan fingerprint density at radius 1 is 0.952 bits per heavy atom. The third-order valence-corrected chi connectivity index (χ3v) is 4.33. The summed E-state index contributed by atoms with van der Waals surface area (Å²) >= 11 is 5.72. The van der Waals surface area contributed by atoms with E-state index in [9.17, 15) is 21.6 Å². The van der Waals surface area contributed by atoms with Crippen LogP contribution in [0.1, 0.15) is 5.56 Å². The van der Waals surface area contributed by atoms with E-state index >= 15 is 0 Å². The van der Waals surface area contributed by atoms with Gasteiger partial charge in [0.15, 0.2) is 0 Å². The zero-order valence-electron chi connectivity index (χ0n) is 10.2. The van der Waals surface area contributed by atoms with Crippen LogP contribution in [-0.4, -0.2) is 8.42 Å². The van der Waals surface area contributed by atoms with Crippen molar-refractivity contribution < 1.29 is 21.6 Å². The van der Waals surface area contributed by atoms with Crippen LogP contribution in [0.2, 0.25) is 5.02 Å². The summed E-state index contributed by atoms with van der Waals surface area (Å²) in [5.41, 5.74) is -0.350. The first-order chi connectivity index (χ1) is 9.59. The lowest BCUT2D eigenvalue weighted by Crippen LogP contribution is -2.04. The zero-order chi connectivity index (χ0) is 15.8. The Labute approximate surface area is 128 Å². The molecule has 0 N–H and O–H groups in total. The quantitative estimate of drug-likeness (QED) is 0.714. The monoisotopic (exact) mass is 354 g/mol. The fourth-order valence-corrected chi connectivity index (χ4v) is 3.11. The van der Waals surface area contributed by atoms with Crippen molar-refractivity contribution in [1.29, 1.82) is 0 Å². The highest BCUT2D eigenvalue weighted by atomic mass is 35.7. The molecular formula is C13H7Cl2F3O2S. The molecule has 0 atom stereocenters. The Morgan fingerprint density at radius 3 is 2.00 bits per heavy atom. The number of alkyl halides is 3. The molecule has 2 aromatic rings. The molecule has 0 aliphatic rings. The van der Waals surface area contributed by atoms with Gasteiger partial charge in [0.25, 0.3) is 9.05 Å². The van der Waals surface area contributed by atoms with Gasteiger partial charge in [0.2, 0.25) is 0 Å². The van der Waals surface area contributed by atoms with Crippen molar-refractivity contribution in [3.63, 3.8) is 0 Å². The second kappa shape index (κ2) is 5.51. The van der Waals surface area contributed by atoms with Gasteiger partial charge >= 0.3 is 6.18 Å². The van der Waals surface area contributed by atoms with Gasteiger partial charge in [-0.15, -0.1) is 0 Å². The number of hydrogen-bond acceptors (Lipinski definition) is 2. The van der Waals surface area contributed by atoms with Gasteiger partial charge in [-0.2, -0.15) is 13.2 Å². The van der Waals surface area contributed by atoms with Crippen molar-refractivity contribution in [2.24, 2.45) is 0 Å². The Balaban J connectivity index is 2.58. The minimum atomic E-state index is -4.46. The lowest BCUT2D eigenvalue weighted by Gasteiger charge is -2.10. The van der Waals surface area contributed by atoms with Crippen LogP contribution in [0.25, 0.3) is 11.1 Å². The third-order valence-electron chi connectivity index (χ3n) is 2.73. The van der Waals surface area contributed by atoms with Gasteiger partial charge in [0, 0.05) is 21.3 Å². The smallest absolute Gasteiger partial charge is 0.207 e. The van der Waals surface area contributed by atoms with E-state index in [1.165, 1.54) is 24.3 Å². The Hall–Kier alpha value is -1.24. The maximum Gasteiger partial charge on any atom is 0.416 e. The fourth-order valence-electron chi connectivity index (χ4n) is 1.78. The van der Waals surface area contributed by atoms with Crippen LogP contribution in [0.3, 0.4) is 0 Å². The van der Waals surface area contributed by atoms with E-state index < -0.39 is 20.8 Å². The van der Waals surface area contributed by atoms with E-state index in [0.717, 1.165) is 18.2 Å². The summed E-state index contributed by atoms with van der Waals surface area (Å²) in [7, 11) is 1.25. The molecule has 0 saturated heterocycles. The molecule has 8 heteroatoms. The second-order valence-corrected chi connectivity index (χ2v) is 7.12. The standard InChI is InChI=1S/C13H7Cl2F3O2S/c14-10-5-6-11(12(7-10)21(15,19)20)8-1-3-9(4-2-8)13(16,17)18/h1-7H. The van der Waals surface area contributed by atoms with Gasteiger partial charge in [-0.25, -0.2) is 8.42 Å². The van der Waals surface area contributed by atoms with E-state index in [0.29, 0.717) is 5.56 Å². The van der Waals surface area contributed by atoms with Crippen LogP contribution >= 0.6 is 22.3 Å². The topological polar surface area (TPSA) is 34.1 Å². The molecule has 21 heavy (non-hydrogen) atoms. The van der Waals surface area contributed by atoms with Gasteiger partial charge in [0.1, 0.15) is 0 Å². The van der Waals surface area contributed by atoms with E-state index in [2.05, 4.69) is 0 Å². The van der Waals surface area contributed by atoms with Crippen molar-refractivity contribution in [2.75, 3.05) is 0 Å². The zero-order valence-corrected chi connectivity index (χ0v) is 12.5. The van der Waals surface area contributed by atoms with Gasteiger partial charge in [-0.1, -0.05) is 29.8 Å². The summed E-state index contributed by atoms with van der Waals surface area (Å²) < 4.78 is 60.6. The number of benzene rings is 2. The first kappa shape index (κ1) is 16.1. The van der Waals surface area contributed by atoms with Gasteiger partial charge in [0.05, 0.1) is 10.5 Å². The summed E-state index contributed by atoms with van der Waals surface area (Å²) in [6.45, 7) is 0. The van der Waals surface area contributed by atoms with Crippen LogP contribution in [0.4, 0.5) is 13.2 Å². The molecule has 0 heterocycles. The van der Waals surface area contributed by atoms with Crippen LogP contribution < -0.4 is 0 Å². The molecule has 0 saturated carbocycles. The first-order valence-corrected chi connectivity index (χ1v) is 8.19. The average molecular weight is 355 g/mol. The maximum atomic E-state index is 12.5. The summed E-state index contributed by atoms with van der Waals surface area (Å²) in [6, 6.07) is 8.07. The molecule has 0 bridgehead atoms. The second-order valence-electron chi connectivity index (χ2n) is 4.15. The average Bonchev–Trinajstić information content (AvgIpc) is 2.37. The molecule has 0 radical (unpaired) electrons. The van der Waals surface area contributed by atoms with E-state index in [-0.39, 0.29) is 15.5 Å². The number of halogens is 5. The van der Waals surface area contributed by atoms with Crippen molar-refractivity contribution in [3.8, 4) is 11.1 Å². The molecule has 0 fully saturated rings. The minimum Gasteiger partial charge on any atom is -0.207 e. The summed E-state index contributed by atoms with van der Waals surface area (Å²) in [5, 5.41) is 0.157. The van der Waals surface area contributed by atoms with Crippen LogP contribution in [0.5, 0.6) is 0 Å². The SMILES string of the molecule is O=S(=O)(Cl)c1cc(Cl)ccc1-c1ccc(C(F)(F)F)cc1. The van der Waals surface area contributed by atoms with Crippen molar-refractivity contribution in [3.05, 3.63) is 53.1 Å². The third kappa shape index (κ3) is 3.70. The highest BCUT2D eigenvalue weighted by Crippen LogP contribution is 2.34. The van der Waals surface area contributed by atoms with E-state index in [1.807, 2.05) is 0 Å². The Kier molecular flexibility index (Phi) is 4.24. The summed E-state index contributed by atoms with van der Waals surface area (Å²) in [4.78, 5) is -0.253. The van der Waals surface area contributed by atoms with Crippen molar-refractivity contribution >= 4 is 31.3 Å². The predicted molar refractivity (Wildman–Crippen MR) is 74.9 cm³/mol. The van der Waals surface area contributed by atoms with E-state index in [4.69, 9.17) is 22.3 Å². The molecule has 0 unspecified atom stereocenters. The molecule has 2 rings (SSSR count). The molecule has 2 aromatic carbocycles. The first-order valence-electron chi connectivity index (χ1n) is 5.51. The lowest BCUT2D eigenvalue weighted by atomic mass is 10.0. The minimum absolute atomic E-state index is 0.157. The van der Waals surface area contributed by atoms with Crippen LogP contribution in [0.15, 0.2) is 47.4 Å². The van der Waals surface area contributed by atoms with Gasteiger partial charge in [-0.3, -0.25) is 0 Å². The largest absolute Gasteiger partial charge is 0.416 e. The molecule has 0 aromatic heterocycles. The molecule has 0 amide bonds. The van der Waals surface area contributed by atoms with Crippen LogP contribution in [-0.2, 0) is 15.2 Å². The Morgan fingerprint density at radius 2 is 1.52 bits per heavy atom. The predicted octanol–water partition coefficient (Wildman–Crippen LogP) is 4.95. The van der Waals surface area contributed by atoms with Crippen molar-refractivity contribution in [1.82, 2.24) is 0 Å². The lowest BCUT2D eigenvalue weighted by molar-refractivity contribution is -0.137. The fraction of sp³-hybridized carbons (Fsp3) is 0.0769. The van der Waals surface area contributed by atoms with E-state index in [1.54, 1.807) is 0 Å². The summed E-state index contributed by atoms with van der Waals surface area (Å²) in [5.74, 6) is 0. The molecule has 112 valence electrons. The van der Waals surface area contributed by atoms with Gasteiger partial charge < -0.3 is 0 Å². The maximum absolute atomic E-state index is 12.5.